The van der Waals surface area contributed by atoms with Gasteiger partial charge in [-0.15, -0.1) is 0 Å². The minimum atomic E-state index is -0.418. The summed E-state index contributed by atoms with van der Waals surface area (Å²) in [6.07, 6.45) is -0.418. The number of hydrogen-bond donors (Lipinski definition) is 1. The van der Waals surface area contributed by atoms with E-state index in [1.54, 1.807) is 0 Å². The summed E-state index contributed by atoms with van der Waals surface area (Å²) in [6.45, 7) is 1.81. The number of hydrogen-bond acceptors (Lipinski definition) is 3. The van der Waals surface area contributed by atoms with Crippen LogP contribution in [0.5, 0.6) is 0 Å². The van der Waals surface area contributed by atoms with E-state index in [2.05, 4.69) is 18.2 Å². The number of carbonyl (C=O) groups excluding carboxylic acids is 1. The van der Waals surface area contributed by atoms with Crippen LogP contribution in [0.3, 0.4) is 0 Å². The zero-order chi connectivity index (χ0) is 17.4. The number of aliphatic hydroxyl groups is 1. The molecule has 0 amide bonds. The van der Waals surface area contributed by atoms with Crippen LogP contribution in [-0.2, 0) is 16.1 Å². The van der Waals surface area contributed by atoms with Crippen molar-refractivity contribution >= 4 is 22.3 Å². The molecule has 0 bridgehead atoms. The number of cyclic esters (lactones) is 1. The maximum absolute atomic E-state index is 12.3. The van der Waals surface area contributed by atoms with Gasteiger partial charge in [0.1, 0.15) is 0 Å². The summed E-state index contributed by atoms with van der Waals surface area (Å²) in [4.78, 5) is 12.3. The zero-order valence-corrected chi connectivity index (χ0v) is 13.9. The molecule has 3 heteroatoms. The van der Waals surface area contributed by atoms with Crippen LogP contribution >= 0.6 is 0 Å². The summed E-state index contributed by atoms with van der Waals surface area (Å²) in [6, 6.07) is 21.8. The molecule has 3 aromatic rings. The van der Waals surface area contributed by atoms with Gasteiger partial charge in [-0.05, 0) is 28.8 Å². The fourth-order valence-electron chi connectivity index (χ4n) is 3.42. The van der Waals surface area contributed by atoms with Gasteiger partial charge >= 0.3 is 5.97 Å². The van der Waals surface area contributed by atoms with E-state index in [-0.39, 0.29) is 12.6 Å². The molecule has 0 aliphatic carbocycles. The van der Waals surface area contributed by atoms with Crippen LogP contribution in [0.4, 0.5) is 0 Å². The standard InChI is InChI=1S/C22H18O3/c1-14-20(17-11-9-15(13-23)10-12-17)21(25-22(14)24)19-8-4-6-16-5-2-3-7-18(16)19/h2-12,21,23H,13H2,1H3. The fourth-order valence-corrected chi connectivity index (χ4v) is 3.42. The monoisotopic (exact) mass is 330 g/mol. The molecular formula is C22H18O3. The first-order chi connectivity index (χ1) is 12.2. The number of fused-ring (bicyclic) bond motifs is 1. The number of esters is 1. The van der Waals surface area contributed by atoms with Gasteiger partial charge in [0.2, 0.25) is 0 Å². The van der Waals surface area contributed by atoms with Crippen molar-refractivity contribution in [2.24, 2.45) is 0 Å². The van der Waals surface area contributed by atoms with Crippen LogP contribution in [0.2, 0.25) is 0 Å². The minimum Gasteiger partial charge on any atom is -0.449 e. The van der Waals surface area contributed by atoms with Gasteiger partial charge in [0.15, 0.2) is 6.10 Å². The number of aliphatic hydroxyl groups excluding tert-OH is 1. The number of rotatable bonds is 3. The third-order valence-corrected chi connectivity index (χ3v) is 4.75. The second-order valence-corrected chi connectivity index (χ2v) is 6.25. The lowest BCUT2D eigenvalue weighted by atomic mass is 9.90. The maximum atomic E-state index is 12.3. The maximum Gasteiger partial charge on any atom is 0.335 e. The highest BCUT2D eigenvalue weighted by atomic mass is 16.5. The molecule has 1 atom stereocenters. The number of ether oxygens (including phenoxy) is 1. The van der Waals surface area contributed by atoms with Crippen LogP contribution < -0.4 is 0 Å². The molecule has 0 saturated heterocycles. The largest absolute Gasteiger partial charge is 0.449 e. The summed E-state index contributed by atoms with van der Waals surface area (Å²) in [5.74, 6) is -0.279. The van der Waals surface area contributed by atoms with Crippen LogP contribution in [0.15, 0.2) is 72.3 Å². The molecule has 0 aromatic heterocycles. The Labute approximate surface area is 146 Å². The Bertz CT molecular complexity index is 978. The smallest absolute Gasteiger partial charge is 0.335 e. The Morgan fingerprint density at radius 1 is 0.960 bits per heavy atom. The van der Waals surface area contributed by atoms with E-state index >= 15 is 0 Å². The summed E-state index contributed by atoms with van der Waals surface area (Å²) in [5, 5.41) is 11.5. The molecule has 0 spiro atoms. The predicted octanol–water partition coefficient (Wildman–Crippen LogP) is 4.40. The molecule has 25 heavy (non-hydrogen) atoms. The van der Waals surface area contributed by atoms with Crippen molar-refractivity contribution in [3.63, 3.8) is 0 Å². The first-order valence-electron chi connectivity index (χ1n) is 8.28. The topological polar surface area (TPSA) is 46.5 Å². The molecule has 3 aromatic carbocycles. The zero-order valence-electron chi connectivity index (χ0n) is 13.9. The average Bonchev–Trinajstić information content (AvgIpc) is 2.96. The highest BCUT2D eigenvalue weighted by Crippen LogP contribution is 2.43. The van der Waals surface area contributed by atoms with Crippen LogP contribution in [0.1, 0.15) is 29.7 Å². The van der Waals surface area contributed by atoms with Gasteiger partial charge in [-0.1, -0.05) is 66.7 Å². The van der Waals surface area contributed by atoms with Crippen LogP contribution in [0, 0.1) is 0 Å². The van der Waals surface area contributed by atoms with E-state index in [0.29, 0.717) is 5.57 Å². The Morgan fingerprint density at radius 3 is 2.44 bits per heavy atom. The summed E-state index contributed by atoms with van der Waals surface area (Å²) in [5.41, 5.74) is 4.30. The molecule has 3 nitrogen and oxygen atoms in total. The lowest BCUT2D eigenvalue weighted by molar-refractivity contribution is -0.139. The second kappa shape index (κ2) is 6.19. The van der Waals surface area contributed by atoms with E-state index in [0.717, 1.165) is 33.0 Å². The normalized spacial score (nSPS) is 17.2. The second-order valence-electron chi connectivity index (χ2n) is 6.25. The fraction of sp³-hybridized carbons (Fsp3) is 0.136. The van der Waals surface area contributed by atoms with Crippen molar-refractivity contribution < 1.29 is 14.6 Å². The van der Waals surface area contributed by atoms with Crippen molar-refractivity contribution in [2.75, 3.05) is 0 Å². The van der Waals surface area contributed by atoms with Crippen molar-refractivity contribution in [2.45, 2.75) is 19.6 Å². The van der Waals surface area contributed by atoms with Gasteiger partial charge in [-0.2, -0.15) is 0 Å². The van der Waals surface area contributed by atoms with E-state index in [1.165, 1.54) is 0 Å². The third kappa shape index (κ3) is 2.63. The molecular weight excluding hydrogens is 312 g/mol. The Hall–Kier alpha value is -2.91. The molecule has 0 radical (unpaired) electrons. The summed E-state index contributed by atoms with van der Waals surface area (Å²) < 4.78 is 5.73. The molecule has 1 N–H and O–H groups in total. The van der Waals surface area contributed by atoms with Crippen molar-refractivity contribution in [3.8, 4) is 0 Å². The van der Waals surface area contributed by atoms with Gasteiger partial charge in [0.25, 0.3) is 0 Å². The molecule has 1 aliphatic rings. The van der Waals surface area contributed by atoms with Crippen LogP contribution in [0.25, 0.3) is 16.3 Å². The van der Waals surface area contributed by atoms with Crippen molar-refractivity contribution in [1.82, 2.24) is 0 Å². The molecule has 1 unspecified atom stereocenters. The summed E-state index contributed by atoms with van der Waals surface area (Å²) >= 11 is 0. The SMILES string of the molecule is CC1=C(c2ccc(CO)cc2)C(c2cccc3ccccc23)OC1=O. The van der Waals surface area contributed by atoms with Gasteiger partial charge in [-0.25, -0.2) is 4.79 Å². The van der Waals surface area contributed by atoms with E-state index < -0.39 is 6.10 Å². The van der Waals surface area contributed by atoms with E-state index in [1.807, 2.05) is 55.5 Å². The van der Waals surface area contributed by atoms with Gasteiger partial charge in [0.05, 0.1) is 6.61 Å². The minimum absolute atomic E-state index is 0.000488. The van der Waals surface area contributed by atoms with Crippen molar-refractivity contribution in [3.05, 3.63) is 89.0 Å². The molecule has 4 rings (SSSR count). The van der Waals surface area contributed by atoms with Gasteiger partial charge in [0, 0.05) is 16.7 Å². The predicted molar refractivity (Wildman–Crippen MR) is 97.7 cm³/mol. The van der Waals surface area contributed by atoms with E-state index in [9.17, 15) is 9.90 Å². The molecule has 124 valence electrons. The first-order valence-corrected chi connectivity index (χ1v) is 8.28. The highest BCUT2D eigenvalue weighted by molar-refractivity contribution is 6.03. The summed E-state index contributed by atoms with van der Waals surface area (Å²) in [7, 11) is 0. The van der Waals surface area contributed by atoms with Gasteiger partial charge in [-0.3, -0.25) is 0 Å². The molecule has 0 saturated carbocycles. The Kier molecular flexibility index (Phi) is 3.86. The lowest BCUT2D eigenvalue weighted by Crippen LogP contribution is -2.04. The quantitative estimate of drug-likeness (QED) is 0.724. The van der Waals surface area contributed by atoms with Crippen LogP contribution in [-0.4, -0.2) is 11.1 Å². The number of benzene rings is 3. The lowest BCUT2D eigenvalue weighted by Gasteiger charge is -2.17. The molecule has 1 heterocycles. The third-order valence-electron chi connectivity index (χ3n) is 4.75. The van der Waals surface area contributed by atoms with E-state index in [4.69, 9.17) is 4.74 Å². The molecule has 0 fully saturated rings. The van der Waals surface area contributed by atoms with Crippen molar-refractivity contribution in [1.29, 1.82) is 0 Å². The van der Waals surface area contributed by atoms with Gasteiger partial charge < -0.3 is 9.84 Å². The first kappa shape index (κ1) is 15.6. The number of carbonyl (C=O) groups is 1. The molecule has 1 aliphatic heterocycles. The Balaban J connectivity index is 1.87. The highest BCUT2D eigenvalue weighted by Gasteiger charge is 2.34. The average molecular weight is 330 g/mol. The Morgan fingerprint density at radius 2 is 1.68 bits per heavy atom.